The fraction of sp³-hybridized carbons (Fsp3) is 0.200. The lowest BCUT2D eigenvalue weighted by atomic mass is 10.1. The number of carbonyl (C=O) groups is 1. The van der Waals surface area contributed by atoms with Crippen molar-refractivity contribution in [3.63, 3.8) is 0 Å². The summed E-state index contributed by atoms with van der Waals surface area (Å²) < 4.78 is 7.06. The highest BCUT2D eigenvalue weighted by Crippen LogP contribution is 2.32. The summed E-state index contributed by atoms with van der Waals surface area (Å²) in [5, 5.41) is 8.35. The van der Waals surface area contributed by atoms with Gasteiger partial charge < -0.3 is 15.5 Å². The van der Waals surface area contributed by atoms with Crippen LogP contribution in [0.3, 0.4) is 0 Å². The van der Waals surface area contributed by atoms with Crippen molar-refractivity contribution in [1.82, 2.24) is 24.6 Å². The Bertz CT molecular complexity index is 1220. The minimum atomic E-state index is -0.379. The SMILES string of the molecule is Cc1ncc(-c2ccc3nc(N)nn3c2)cc1NC(=O)N1OCC[C@H]1c1ccco1. The maximum atomic E-state index is 12.9. The molecule has 152 valence electrons. The lowest BCUT2D eigenvalue weighted by Crippen LogP contribution is -2.33. The van der Waals surface area contributed by atoms with Crippen LogP contribution in [0, 0.1) is 6.92 Å². The van der Waals surface area contributed by atoms with Crippen molar-refractivity contribution in [2.75, 3.05) is 17.7 Å². The number of anilines is 2. The molecule has 0 unspecified atom stereocenters. The first-order chi connectivity index (χ1) is 14.6. The van der Waals surface area contributed by atoms with Gasteiger partial charge in [-0.15, -0.1) is 5.10 Å². The predicted octanol–water partition coefficient (Wildman–Crippen LogP) is 3.19. The monoisotopic (exact) mass is 405 g/mol. The predicted molar refractivity (Wildman–Crippen MR) is 108 cm³/mol. The van der Waals surface area contributed by atoms with Crippen LogP contribution < -0.4 is 11.1 Å². The molecule has 0 aromatic carbocycles. The number of carbonyl (C=O) groups excluding carboxylic acids is 1. The van der Waals surface area contributed by atoms with E-state index in [-0.39, 0.29) is 18.0 Å². The molecule has 1 aliphatic rings. The molecule has 1 saturated heterocycles. The number of nitrogens with two attached hydrogens (primary N) is 1. The van der Waals surface area contributed by atoms with Crippen molar-refractivity contribution in [2.24, 2.45) is 0 Å². The van der Waals surface area contributed by atoms with E-state index >= 15 is 0 Å². The zero-order chi connectivity index (χ0) is 20.7. The van der Waals surface area contributed by atoms with E-state index in [9.17, 15) is 4.79 Å². The highest BCUT2D eigenvalue weighted by molar-refractivity contribution is 5.90. The molecule has 30 heavy (non-hydrogen) atoms. The normalized spacial score (nSPS) is 16.3. The number of hydrogen-bond donors (Lipinski definition) is 2. The third kappa shape index (κ3) is 3.22. The van der Waals surface area contributed by atoms with E-state index in [1.54, 1.807) is 23.0 Å². The number of urea groups is 1. The van der Waals surface area contributed by atoms with Gasteiger partial charge in [-0.25, -0.2) is 9.31 Å². The Morgan fingerprint density at radius 3 is 3.03 bits per heavy atom. The lowest BCUT2D eigenvalue weighted by molar-refractivity contribution is -0.0861. The first-order valence-electron chi connectivity index (χ1n) is 9.44. The van der Waals surface area contributed by atoms with Crippen molar-refractivity contribution < 1.29 is 14.0 Å². The Balaban J connectivity index is 1.41. The lowest BCUT2D eigenvalue weighted by Gasteiger charge is -2.22. The van der Waals surface area contributed by atoms with Crippen LogP contribution in [0.5, 0.6) is 0 Å². The standard InChI is InChI=1S/C20H19N7O3/c1-12-15(23-20(28)27-16(6-8-30-27)17-3-2-7-29-17)9-14(10-22-12)13-4-5-18-24-19(21)25-26(18)11-13/h2-5,7,9-11,16H,6,8H2,1H3,(H2,21,25)(H,23,28)/t16-/m0/s1. The Morgan fingerprint density at radius 2 is 2.20 bits per heavy atom. The number of nitrogen functional groups attached to an aromatic ring is 1. The van der Waals surface area contributed by atoms with Gasteiger partial charge in [-0.3, -0.25) is 9.82 Å². The van der Waals surface area contributed by atoms with Gasteiger partial charge in [0.05, 0.1) is 24.3 Å². The number of amides is 2. The van der Waals surface area contributed by atoms with Crippen LogP contribution in [-0.2, 0) is 4.84 Å². The molecule has 1 aliphatic heterocycles. The molecule has 5 heterocycles. The van der Waals surface area contributed by atoms with Crippen LogP contribution in [0.2, 0.25) is 0 Å². The Labute approximate surface area is 171 Å². The average molecular weight is 405 g/mol. The number of furan rings is 1. The Hall–Kier alpha value is -3.92. The first kappa shape index (κ1) is 18.1. The summed E-state index contributed by atoms with van der Waals surface area (Å²) in [5.74, 6) is 0.894. The van der Waals surface area contributed by atoms with Crippen LogP contribution >= 0.6 is 0 Å². The maximum absolute atomic E-state index is 12.9. The summed E-state index contributed by atoms with van der Waals surface area (Å²) in [6.45, 7) is 2.27. The van der Waals surface area contributed by atoms with E-state index < -0.39 is 0 Å². The van der Waals surface area contributed by atoms with Gasteiger partial charge in [0.1, 0.15) is 11.8 Å². The van der Waals surface area contributed by atoms with Crippen LogP contribution in [0.15, 0.2) is 53.4 Å². The van der Waals surface area contributed by atoms with Crippen molar-refractivity contribution >= 4 is 23.3 Å². The molecule has 0 bridgehead atoms. The summed E-state index contributed by atoms with van der Waals surface area (Å²) >= 11 is 0. The van der Waals surface area contributed by atoms with Crippen LogP contribution in [-0.4, -0.2) is 37.3 Å². The van der Waals surface area contributed by atoms with Gasteiger partial charge in [0.2, 0.25) is 5.95 Å². The van der Waals surface area contributed by atoms with E-state index in [0.29, 0.717) is 35.8 Å². The molecule has 4 aromatic heterocycles. The molecule has 3 N–H and O–H groups in total. The number of aryl methyl sites for hydroxylation is 1. The zero-order valence-corrected chi connectivity index (χ0v) is 16.1. The summed E-state index contributed by atoms with van der Waals surface area (Å²) in [6.07, 6.45) is 5.80. The zero-order valence-electron chi connectivity index (χ0n) is 16.1. The Kier molecular flexibility index (Phi) is 4.32. The second kappa shape index (κ2) is 7.16. The molecule has 5 rings (SSSR count). The largest absolute Gasteiger partial charge is 0.467 e. The number of pyridine rings is 2. The number of rotatable bonds is 3. The van der Waals surface area contributed by atoms with E-state index in [1.165, 1.54) is 5.06 Å². The number of hydroxylamine groups is 2. The molecular formula is C20H19N7O3. The number of aromatic nitrogens is 4. The maximum Gasteiger partial charge on any atom is 0.346 e. The van der Waals surface area contributed by atoms with Crippen molar-refractivity contribution in [1.29, 1.82) is 0 Å². The highest BCUT2D eigenvalue weighted by Gasteiger charge is 2.34. The van der Waals surface area contributed by atoms with Crippen LogP contribution in [0.1, 0.15) is 23.9 Å². The van der Waals surface area contributed by atoms with Gasteiger partial charge in [0, 0.05) is 29.9 Å². The van der Waals surface area contributed by atoms with Crippen molar-refractivity contribution in [3.05, 3.63) is 60.4 Å². The van der Waals surface area contributed by atoms with Crippen LogP contribution in [0.4, 0.5) is 16.4 Å². The third-order valence-corrected chi connectivity index (χ3v) is 4.99. The quantitative estimate of drug-likeness (QED) is 0.536. The molecule has 1 atom stereocenters. The van der Waals surface area contributed by atoms with Gasteiger partial charge in [-0.1, -0.05) is 0 Å². The topological polar surface area (TPSA) is 124 Å². The van der Waals surface area contributed by atoms with E-state index in [1.807, 2.05) is 37.4 Å². The number of hydrogen-bond acceptors (Lipinski definition) is 7. The smallest absolute Gasteiger partial charge is 0.346 e. The second-order valence-electron chi connectivity index (χ2n) is 6.96. The third-order valence-electron chi connectivity index (χ3n) is 4.99. The van der Waals surface area contributed by atoms with E-state index in [2.05, 4.69) is 20.4 Å². The molecule has 1 fully saturated rings. The summed E-state index contributed by atoms with van der Waals surface area (Å²) in [5.41, 5.74) is 9.26. The van der Waals surface area contributed by atoms with Gasteiger partial charge in [-0.2, -0.15) is 10.0 Å². The first-order valence-corrected chi connectivity index (χ1v) is 9.44. The van der Waals surface area contributed by atoms with E-state index in [0.717, 1.165) is 11.1 Å². The average Bonchev–Trinajstić information content (AvgIpc) is 3.48. The van der Waals surface area contributed by atoms with E-state index in [4.69, 9.17) is 15.0 Å². The molecule has 0 saturated carbocycles. The fourth-order valence-electron chi connectivity index (χ4n) is 3.47. The molecule has 10 nitrogen and oxygen atoms in total. The molecular weight excluding hydrogens is 386 g/mol. The van der Waals surface area contributed by atoms with Crippen molar-refractivity contribution in [3.8, 4) is 11.1 Å². The summed E-state index contributed by atoms with van der Waals surface area (Å²) in [7, 11) is 0. The molecule has 4 aromatic rings. The summed E-state index contributed by atoms with van der Waals surface area (Å²) in [6, 6.07) is 8.56. The second-order valence-corrected chi connectivity index (χ2v) is 6.96. The van der Waals surface area contributed by atoms with Gasteiger partial charge in [-0.05, 0) is 37.3 Å². The number of nitrogens with one attached hydrogen (secondary N) is 1. The number of fused-ring (bicyclic) bond motifs is 1. The molecule has 2 amide bonds. The minimum absolute atomic E-state index is 0.207. The highest BCUT2D eigenvalue weighted by atomic mass is 16.7. The minimum Gasteiger partial charge on any atom is -0.467 e. The molecule has 0 aliphatic carbocycles. The Morgan fingerprint density at radius 1 is 1.30 bits per heavy atom. The molecule has 0 spiro atoms. The molecule has 10 heteroatoms. The van der Waals surface area contributed by atoms with Crippen LogP contribution in [0.25, 0.3) is 16.8 Å². The summed E-state index contributed by atoms with van der Waals surface area (Å²) in [4.78, 5) is 27.0. The molecule has 0 radical (unpaired) electrons. The fourth-order valence-corrected chi connectivity index (χ4v) is 3.47. The van der Waals surface area contributed by atoms with Gasteiger partial charge >= 0.3 is 6.03 Å². The van der Waals surface area contributed by atoms with Gasteiger partial charge in [0.25, 0.3) is 0 Å². The van der Waals surface area contributed by atoms with Crippen molar-refractivity contribution in [2.45, 2.75) is 19.4 Å². The van der Waals surface area contributed by atoms with Gasteiger partial charge in [0.15, 0.2) is 5.65 Å². The number of nitrogens with zero attached hydrogens (tertiary/aromatic N) is 5.